The highest BCUT2D eigenvalue weighted by atomic mass is 79.9. The normalized spacial score (nSPS) is 19.2. The van der Waals surface area contributed by atoms with Crippen molar-refractivity contribution in [3.63, 3.8) is 0 Å². The molecule has 2 aliphatic rings. The van der Waals surface area contributed by atoms with Crippen molar-refractivity contribution >= 4 is 68.1 Å². The minimum absolute atomic E-state index is 0.100. The van der Waals surface area contributed by atoms with Crippen molar-refractivity contribution in [1.82, 2.24) is 4.57 Å². The van der Waals surface area contributed by atoms with Gasteiger partial charge in [0.25, 0.3) is 0 Å². The van der Waals surface area contributed by atoms with E-state index in [0.717, 1.165) is 50.7 Å². The van der Waals surface area contributed by atoms with Gasteiger partial charge >= 0.3 is 11.0 Å². The molecule has 1 aromatic heterocycles. The van der Waals surface area contributed by atoms with E-state index in [-0.39, 0.29) is 23.8 Å². The Morgan fingerprint density at radius 3 is 2.48 bits per heavy atom. The number of phenols is 1. The van der Waals surface area contributed by atoms with Crippen molar-refractivity contribution in [3.05, 3.63) is 96.9 Å². The van der Waals surface area contributed by atoms with Gasteiger partial charge in [-0.25, -0.2) is 4.90 Å². The van der Waals surface area contributed by atoms with Crippen molar-refractivity contribution in [1.29, 1.82) is 0 Å². The van der Waals surface area contributed by atoms with E-state index in [9.17, 15) is 37.5 Å². The number of hydrogen-bond acceptors (Lipinski definition) is 8. The summed E-state index contributed by atoms with van der Waals surface area (Å²) in [6.07, 6.45) is -4.61. The third-order valence-electron chi connectivity index (χ3n) is 7.55. The summed E-state index contributed by atoms with van der Waals surface area (Å²) in [5.74, 6) is -3.45. The fourth-order valence-corrected chi connectivity index (χ4v) is 8.61. The van der Waals surface area contributed by atoms with Crippen LogP contribution in [0.3, 0.4) is 0 Å². The van der Waals surface area contributed by atoms with Crippen LogP contribution in [-0.4, -0.2) is 39.3 Å². The molecule has 3 atom stereocenters. The lowest BCUT2D eigenvalue weighted by Crippen LogP contribution is -2.33. The van der Waals surface area contributed by atoms with E-state index in [0.29, 0.717) is 21.2 Å². The number of nitrogens with zero attached hydrogens (tertiary/aromatic N) is 2. The Hall–Kier alpha value is -4.08. The highest BCUT2D eigenvalue weighted by Gasteiger charge is 2.57. The molecule has 3 heterocycles. The largest absolute Gasteiger partial charge is 0.504 e. The van der Waals surface area contributed by atoms with Crippen LogP contribution in [0.15, 0.2) is 81.0 Å². The number of hydrogen-bond donors (Lipinski definition) is 2. The van der Waals surface area contributed by atoms with Crippen LogP contribution < -0.4 is 19.8 Å². The molecule has 3 aromatic carbocycles. The molecule has 6 rings (SSSR count). The Kier molecular flexibility index (Phi) is 8.50. The molecule has 238 valence electrons. The van der Waals surface area contributed by atoms with Crippen molar-refractivity contribution in [2.75, 3.05) is 16.8 Å². The van der Waals surface area contributed by atoms with Crippen LogP contribution in [0, 0.1) is 5.92 Å². The molecule has 0 saturated carbocycles. The number of alkyl halides is 3. The maximum atomic E-state index is 14.1. The van der Waals surface area contributed by atoms with Gasteiger partial charge in [-0.1, -0.05) is 51.2 Å². The average molecular weight is 735 g/mol. The zero-order valence-corrected chi connectivity index (χ0v) is 26.9. The number of carbonyl (C=O) groups is 3. The summed E-state index contributed by atoms with van der Waals surface area (Å²) in [7, 11) is 0. The molecule has 1 saturated heterocycles. The highest BCUT2D eigenvalue weighted by molar-refractivity contribution is 9.10. The van der Waals surface area contributed by atoms with Gasteiger partial charge < -0.3 is 15.2 Å². The summed E-state index contributed by atoms with van der Waals surface area (Å²) >= 11 is 5.17. The number of phenolic OH excluding ortho intramolecular Hbond substituents is 1. The lowest BCUT2D eigenvalue weighted by Gasteiger charge is -2.31. The second-order valence-corrected chi connectivity index (χ2v) is 13.5. The molecule has 0 aliphatic carbocycles. The SMILES string of the molecule is CCOc1cc([C@@H]2c3sc(=O)n(CC(=O)Nc4cccc(C(F)(F)F)c4)c3S[C@@H]3C(=O)N(c4ccc(Br)cc4)C(=O)[C@H]23)ccc1O. The average Bonchev–Trinajstić information content (AvgIpc) is 3.45. The van der Waals surface area contributed by atoms with Gasteiger partial charge in [0.15, 0.2) is 11.5 Å². The number of thioether (sulfide) groups is 1. The van der Waals surface area contributed by atoms with Crippen molar-refractivity contribution in [2.24, 2.45) is 5.92 Å². The van der Waals surface area contributed by atoms with Crippen molar-refractivity contribution in [2.45, 2.75) is 35.8 Å². The van der Waals surface area contributed by atoms with Gasteiger partial charge in [-0.15, -0.1) is 0 Å². The number of carbonyl (C=O) groups excluding carboxylic acids is 3. The number of imide groups is 1. The minimum Gasteiger partial charge on any atom is -0.504 e. The molecule has 0 spiro atoms. The first-order valence-electron chi connectivity index (χ1n) is 13.8. The number of aromatic nitrogens is 1. The highest BCUT2D eigenvalue weighted by Crippen LogP contribution is 2.54. The fourth-order valence-electron chi connectivity index (χ4n) is 5.57. The number of ether oxygens (including phenoxy) is 1. The van der Waals surface area contributed by atoms with Gasteiger partial charge in [-0.3, -0.25) is 23.7 Å². The van der Waals surface area contributed by atoms with Gasteiger partial charge in [0.1, 0.15) is 11.8 Å². The van der Waals surface area contributed by atoms with E-state index in [1.165, 1.54) is 16.7 Å². The number of fused-ring (bicyclic) bond motifs is 2. The van der Waals surface area contributed by atoms with Gasteiger partial charge in [0.05, 0.1) is 28.8 Å². The van der Waals surface area contributed by atoms with E-state index in [1.54, 1.807) is 43.3 Å². The number of thiazole rings is 1. The standard InChI is InChI=1S/C31H23BrF3N3O6S2/c1-2-44-21-12-15(6-11-20(21)39)23-24-25(28(42)38(27(24)41)19-9-7-17(32)8-10-19)45-29-26(23)46-30(43)37(29)14-22(40)36-18-5-3-4-16(13-18)31(33,34)35/h3-13,23-25,39H,2,14H2,1H3,(H,36,40)/t23-,24+,25-/m0/s1. The Bertz CT molecular complexity index is 1930. The van der Waals surface area contributed by atoms with E-state index in [4.69, 9.17) is 4.74 Å². The molecule has 0 unspecified atom stereocenters. The quantitative estimate of drug-likeness (QED) is 0.216. The Morgan fingerprint density at radius 1 is 1.04 bits per heavy atom. The zero-order chi connectivity index (χ0) is 32.9. The summed E-state index contributed by atoms with van der Waals surface area (Å²) < 4.78 is 47.1. The van der Waals surface area contributed by atoms with Gasteiger partial charge in [0, 0.05) is 21.0 Å². The van der Waals surface area contributed by atoms with E-state index in [1.807, 2.05) is 0 Å². The number of benzene rings is 3. The van der Waals surface area contributed by atoms with Crippen LogP contribution in [0.4, 0.5) is 24.5 Å². The van der Waals surface area contributed by atoms with Crippen LogP contribution in [0.5, 0.6) is 11.5 Å². The Balaban J connectivity index is 1.41. The molecule has 1 fully saturated rings. The number of anilines is 2. The molecule has 4 aromatic rings. The number of aromatic hydroxyl groups is 1. The predicted molar refractivity (Wildman–Crippen MR) is 170 cm³/mol. The van der Waals surface area contributed by atoms with Gasteiger partial charge in [-0.2, -0.15) is 13.2 Å². The molecule has 3 amide bonds. The van der Waals surface area contributed by atoms with Crippen LogP contribution >= 0.6 is 39.0 Å². The minimum atomic E-state index is -4.61. The first kappa shape index (κ1) is 31.9. The molecule has 9 nitrogen and oxygen atoms in total. The maximum Gasteiger partial charge on any atom is 0.416 e. The Morgan fingerprint density at radius 2 is 1.78 bits per heavy atom. The molecular formula is C31H23BrF3N3O6S2. The lowest BCUT2D eigenvalue weighted by molar-refractivity contribution is -0.137. The molecule has 46 heavy (non-hydrogen) atoms. The van der Waals surface area contributed by atoms with Crippen molar-refractivity contribution in [3.8, 4) is 11.5 Å². The van der Waals surface area contributed by atoms with Crippen LogP contribution in [0.25, 0.3) is 0 Å². The Labute approximate surface area is 276 Å². The van der Waals surface area contributed by atoms with Gasteiger partial charge in [0.2, 0.25) is 17.7 Å². The van der Waals surface area contributed by atoms with Crippen LogP contribution in [-0.2, 0) is 27.1 Å². The number of rotatable bonds is 7. The van der Waals surface area contributed by atoms with Crippen LogP contribution in [0.1, 0.15) is 28.8 Å². The van der Waals surface area contributed by atoms with Gasteiger partial charge in [-0.05, 0) is 67.1 Å². The number of nitrogens with one attached hydrogen (secondary N) is 1. The topological polar surface area (TPSA) is 118 Å². The second kappa shape index (κ2) is 12.3. The zero-order valence-electron chi connectivity index (χ0n) is 23.7. The summed E-state index contributed by atoms with van der Waals surface area (Å²) in [6.45, 7) is 1.44. The molecular weight excluding hydrogens is 711 g/mol. The fraction of sp³-hybridized carbons (Fsp3) is 0.226. The number of halogens is 4. The summed E-state index contributed by atoms with van der Waals surface area (Å²) in [5.41, 5.74) is -0.163. The molecule has 15 heteroatoms. The van der Waals surface area contributed by atoms with E-state index >= 15 is 0 Å². The molecule has 0 radical (unpaired) electrons. The third-order valence-corrected chi connectivity index (χ3v) is 10.7. The summed E-state index contributed by atoms with van der Waals surface area (Å²) in [4.78, 5) is 55.4. The smallest absolute Gasteiger partial charge is 0.416 e. The number of amides is 3. The first-order chi connectivity index (χ1) is 21.9. The van der Waals surface area contributed by atoms with Crippen LogP contribution in [0.2, 0.25) is 0 Å². The van der Waals surface area contributed by atoms with E-state index < -0.39 is 58.0 Å². The lowest BCUT2D eigenvalue weighted by atomic mass is 9.83. The third kappa shape index (κ3) is 5.82. The first-order valence-corrected chi connectivity index (χ1v) is 16.3. The molecule has 2 aliphatic heterocycles. The molecule has 0 bridgehead atoms. The van der Waals surface area contributed by atoms with Crippen molar-refractivity contribution < 1.29 is 37.4 Å². The predicted octanol–water partition coefficient (Wildman–Crippen LogP) is 6.23. The molecule has 2 N–H and O–H groups in total. The monoisotopic (exact) mass is 733 g/mol. The second-order valence-electron chi connectivity index (χ2n) is 10.4. The summed E-state index contributed by atoms with van der Waals surface area (Å²) in [6, 6.07) is 15.4. The maximum absolute atomic E-state index is 14.1. The van der Waals surface area contributed by atoms with E-state index in [2.05, 4.69) is 21.2 Å². The summed E-state index contributed by atoms with van der Waals surface area (Å²) in [5, 5.41) is 12.1.